The highest BCUT2D eigenvalue weighted by Gasteiger charge is 2.70. The van der Waals surface area contributed by atoms with Crippen LogP contribution in [0.2, 0.25) is 0 Å². The van der Waals surface area contributed by atoms with E-state index in [9.17, 15) is 4.79 Å². The zero-order chi connectivity index (χ0) is 18.1. The maximum atomic E-state index is 12.7. The number of benzene rings is 2. The van der Waals surface area contributed by atoms with Crippen LogP contribution >= 0.6 is 0 Å². The molecule has 0 heterocycles. The number of hydrogen-bond acceptors (Lipinski definition) is 3. The largest absolute Gasteiger partial charge is 0.464 e. The van der Waals surface area contributed by atoms with Crippen molar-refractivity contribution in [2.45, 2.75) is 25.8 Å². The van der Waals surface area contributed by atoms with E-state index in [4.69, 9.17) is 9.73 Å². The van der Waals surface area contributed by atoms with Gasteiger partial charge < -0.3 is 4.74 Å². The van der Waals surface area contributed by atoms with E-state index in [0.29, 0.717) is 6.61 Å². The number of esters is 1. The Morgan fingerprint density at radius 3 is 2.08 bits per heavy atom. The molecule has 2 aliphatic rings. The zero-order valence-electron chi connectivity index (χ0n) is 15.0. The predicted octanol–water partition coefficient (Wildman–Crippen LogP) is 4.42. The second-order valence-corrected chi connectivity index (χ2v) is 7.07. The van der Waals surface area contributed by atoms with Gasteiger partial charge in [-0.25, -0.2) is 4.79 Å². The minimum absolute atomic E-state index is 0.115. The van der Waals surface area contributed by atoms with E-state index >= 15 is 0 Å². The molecule has 0 bridgehead atoms. The van der Waals surface area contributed by atoms with Crippen LogP contribution in [0.25, 0.3) is 0 Å². The quantitative estimate of drug-likeness (QED) is 0.441. The van der Waals surface area contributed by atoms with Crippen LogP contribution in [0.1, 0.15) is 30.9 Å². The second-order valence-electron chi connectivity index (χ2n) is 7.07. The van der Waals surface area contributed by atoms with Crippen LogP contribution < -0.4 is 0 Å². The molecular weight excluding hydrogens is 322 g/mol. The highest BCUT2D eigenvalue weighted by Crippen LogP contribution is 2.75. The Morgan fingerprint density at radius 2 is 1.65 bits per heavy atom. The van der Waals surface area contributed by atoms with Crippen molar-refractivity contribution in [3.63, 3.8) is 0 Å². The van der Waals surface area contributed by atoms with Crippen molar-refractivity contribution in [1.82, 2.24) is 0 Å². The number of nitrogens with zero attached hydrogens (tertiary/aromatic N) is 1. The third-order valence-electron chi connectivity index (χ3n) is 5.52. The van der Waals surface area contributed by atoms with Crippen LogP contribution in [-0.2, 0) is 9.53 Å². The summed E-state index contributed by atoms with van der Waals surface area (Å²) >= 11 is 0. The maximum absolute atomic E-state index is 12.7. The topological polar surface area (TPSA) is 38.7 Å². The molecule has 0 radical (unpaired) electrons. The Morgan fingerprint density at radius 1 is 1.12 bits per heavy atom. The number of carbonyl (C=O) groups is 1. The lowest BCUT2D eigenvalue weighted by Crippen LogP contribution is -2.27. The van der Waals surface area contributed by atoms with Gasteiger partial charge in [-0.15, -0.1) is 0 Å². The number of aliphatic imine (C=N–C) groups is 1. The summed E-state index contributed by atoms with van der Waals surface area (Å²) in [6.07, 6.45) is 2.24. The molecule has 2 aromatic rings. The molecule has 3 heteroatoms. The van der Waals surface area contributed by atoms with Gasteiger partial charge in [0.25, 0.3) is 0 Å². The molecule has 2 aromatic carbocycles. The second kappa shape index (κ2) is 6.56. The first-order valence-corrected chi connectivity index (χ1v) is 9.22. The summed E-state index contributed by atoms with van der Waals surface area (Å²) in [5.74, 6) is -0.129. The summed E-state index contributed by atoms with van der Waals surface area (Å²) in [6.45, 7) is 6.40. The van der Waals surface area contributed by atoms with E-state index in [-0.39, 0.29) is 17.3 Å². The van der Waals surface area contributed by atoms with E-state index in [1.165, 1.54) is 5.57 Å². The molecule has 3 nitrogen and oxygen atoms in total. The van der Waals surface area contributed by atoms with Gasteiger partial charge in [-0.1, -0.05) is 72.8 Å². The Labute approximate surface area is 154 Å². The van der Waals surface area contributed by atoms with Gasteiger partial charge in [0.2, 0.25) is 0 Å². The molecule has 0 aliphatic heterocycles. The fourth-order valence-corrected chi connectivity index (χ4v) is 3.92. The fourth-order valence-electron chi connectivity index (χ4n) is 3.92. The Bertz CT molecular complexity index is 809. The molecule has 2 unspecified atom stereocenters. The molecule has 0 saturated heterocycles. The molecule has 132 valence electrons. The first-order valence-electron chi connectivity index (χ1n) is 9.22. The van der Waals surface area contributed by atoms with Crippen LogP contribution in [-0.4, -0.2) is 24.3 Å². The van der Waals surface area contributed by atoms with Crippen molar-refractivity contribution in [3.8, 4) is 0 Å². The molecule has 26 heavy (non-hydrogen) atoms. The summed E-state index contributed by atoms with van der Waals surface area (Å²) < 4.78 is 5.36. The third-order valence-corrected chi connectivity index (χ3v) is 5.52. The molecular formula is C23H23NO2. The van der Waals surface area contributed by atoms with E-state index in [1.807, 2.05) is 67.6 Å². The summed E-state index contributed by atoms with van der Waals surface area (Å²) in [4.78, 5) is 17.7. The number of rotatable bonds is 6. The van der Waals surface area contributed by atoms with Gasteiger partial charge in [0, 0.05) is 22.5 Å². The monoisotopic (exact) mass is 345 g/mol. The first kappa shape index (κ1) is 16.8. The maximum Gasteiger partial charge on any atom is 0.331 e. The van der Waals surface area contributed by atoms with Crippen molar-refractivity contribution in [3.05, 3.63) is 83.9 Å². The average molecular weight is 345 g/mol. The van der Waals surface area contributed by atoms with Crippen LogP contribution in [0.5, 0.6) is 0 Å². The number of hydrogen-bond donors (Lipinski definition) is 0. The van der Waals surface area contributed by atoms with Gasteiger partial charge in [-0.3, -0.25) is 4.99 Å². The van der Waals surface area contributed by atoms with E-state index < -0.39 is 6.04 Å². The molecule has 0 amide bonds. The van der Waals surface area contributed by atoms with Gasteiger partial charge in [-0.2, -0.15) is 0 Å². The molecule has 1 spiro atoms. The van der Waals surface area contributed by atoms with E-state index in [0.717, 1.165) is 29.7 Å². The first-order chi connectivity index (χ1) is 12.7. The normalized spacial score (nSPS) is 20.3. The van der Waals surface area contributed by atoms with Crippen LogP contribution in [0.15, 0.2) is 77.8 Å². The average Bonchev–Trinajstić information content (AvgIpc) is 3.57. The molecule has 2 atom stereocenters. The van der Waals surface area contributed by atoms with Crippen molar-refractivity contribution < 1.29 is 9.53 Å². The zero-order valence-corrected chi connectivity index (χ0v) is 15.0. The lowest BCUT2D eigenvalue weighted by atomic mass is 10.0. The summed E-state index contributed by atoms with van der Waals surface area (Å²) in [7, 11) is 0. The van der Waals surface area contributed by atoms with Crippen molar-refractivity contribution in [2.24, 2.45) is 16.3 Å². The minimum Gasteiger partial charge on any atom is -0.464 e. The minimum atomic E-state index is -0.514. The van der Waals surface area contributed by atoms with Gasteiger partial charge in [-0.05, 0) is 19.8 Å². The predicted molar refractivity (Wildman–Crippen MR) is 103 cm³/mol. The molecule has 2 aliphatic carbocycles. The Balaban J connectivity index is 1.78. The molecule has 0 N–H and O–H groups in total. The molecule has 4 rings (SSSR count). The molecule has 0 aromatic heterocycles. The third kappa shape index (κ3) is 2.88. The lowest BCUT2D eigenvalue weighted by Gasteiger charge is -2.15. The SMILES string of the molecule is C=C1C(C(N=C(c2ccccc2)c2ccccc2)C(=O)OCC)C12CC2. The van der Waals surface area contributed by atoms with Crippen molar-refractivity contribution in [1.29, 1.82) is 0 Å². The van der Waals surface area contributed by atoms with Crippen LogP contribution in [0.3, 0.4) is 0 Å². The Hall–Kier alpha value is -2.68. The van der Waals surface area contributed by atoms with Crippen LogP contribution in [0.4, 0.5) is 0 Å². The van der Waals surface area contributed by atoms with E-state index in [1.54, 1.807) is 0 Å². The highest BCUT2D eigenvalue weighted by atomic mass is 16.5. The molecule has 2 fully saturated rings. The summed E-state index contributed by atoms with van der Waals surface area (Å²) in [5.41, 5.74) is 4.16. The van der Waals surface area contributed by atoms with Gasteiger partial charge in [0.1, 0.15) is 0 Å². The molecule has 2 saturated carbocycles. The van der Waals surface area contributed by atoms with Crippen molar-refractivity contribution >= 4 is 11.7 Å². The Kier molecular flexibility index (Phi) is 4.23. The van der Waals surface area contributed by atoms with Crippen LogP contribution in [0, 0.1) is 11.3 Å². The van der Waals surface area contributed by atoms with Gasteiger partial charge in [0.05, 0.1) is 12.3 Å². The number of carbonyl (C=O) groups excluding carboxylic acids is 1. The smallest absolute Gasteiger partial charge is 0.331 e. The lowest BCUT2D eigenvalue weighted by molar-refractivity contribution is -0.145. The van der Waals surface area contributed by atoms with Crippen molar-refractivity contribution in [2.75, 3.05) is 6.61 Å². The summed E-state index contributed by atoms with van der Waals surface area (Å²) in [6, 6.07) is 19.5. The summed E-state index contributed by atoms with van der Waals surface area (Å²) in [5, 5.41) is 0. The van der Waals surface area contributed by atoms with E-state index in [2.05, 4.69) is 6.58 Å². The van der Waals surface area contributed by atoms with Gasteiger partial charge in [0.15, 0.2) is 6.04 Å². The fraction of sp³-hybridized carbons (Fsp3) is 0.304. The number of ether oxygens (including phenoxy) is 1. The standard InChI is InChI=1S/C23H23NO2/c1-3-26-22(25)21(19-16(2)23(19)14-15-23)24-20(17-10-6-4-7-11-17)18-12-8-5-9-13-18/h4-13,19,21H,2-3,14-15H2,1H3. The van der Waals surface area contributed by atoms with Gasteiger partial charge >= 0.3 is 5.97 Å². The highest BCUT2D eigenvalue weighted by molar-refractivity contribution is 6.13.